The van der Waals surface area contributed by atoms with Crippen LogP contribution in [0.5, 0.6) is 0 Å². The van der Waals surface area contributed by atoms with E-state index in [1.165, 1.54) is 0 Å². The fraction of sp³-hybridized carbons (Fsp3) is 0.522. The van der Waals surface area contributed by atoms with Crippen molar-refractivity contribution in [2.24, 2.45) is 5.41 Å². The number of nitrogens with one attached hydrogen (secondary N) is 1. The zero-order valence-corrected chi connectivity index (χ0v) is 18.1. The number of halogens is 1. The highest BCUT2D eigenvalue weighted by Gasteiger charge is 2.30. The molecular formula is C23H29ClN2O4. The van der Waals surface area contributed by atoms with E-state index in [9.17, 15) is 9.90 Å². The Labute approximate surface area is 182 Å². The van der Waals surface area contributed by atoms with Gasteiger partial charge in [-0.2, -0.15) is 0 Å². The molecule has 0 spiro atoms. The Morgan fingerprint density at radius 3 is 2.77 bits per heavy atom. The van der Waals surface area contributed by atoms with Gasteiger partial charge in [-0.05, 0) is 67.9 Å². The molecule has 1 aromatic carbocycles. The van der Waals surface area contributed by atoms with Gasteiger partial charge in [-0.25, -0.2) is 0 Å². The number of aliphatic hydroxyl groups is 1. The number of aliphatic hydroxyl groups excluding tert-OH is 1. The number of hydrogen-bond acceptors (Lipinski definition) is 5. The molecule has 0 radical (unpaired) electrons. The molecule has 1 aromatic heterocycles. The van der Waals surface area contributed by atoms with Gasteiger partial charge in [0, 0.05) is 31.3 Å². The highest BCUT2D eigenvalue weighted by Crippen LogP contribution is 2.37. The molecule has 162 valence electrons. The lowest BCUT2D eigenvalue weighted by atomic mass is 9.81. The summed E-state index contributed by atoms with van der Waals surface area (Å²) in [6.07, 6.45) is 4.79. The summed E-state index contributed by atoms with van der Waals surface area (Å²) in [7, 11) is 0. The van der Waals surface area contributed by atoms with Crippen LogP contribution in [0.15, 0.2) is 34.7 Å². The fourth-order valence-electron chi connectivity index (χ4n) is 4.13. The van der Waals surface area contributed by atoms with E-state index in [4.69, 9.17) is 20.8 Å². The summed E-state index contributed by atoms with van der Waals surface area (Å²) in [6.45, 7) is 4.65. The van der Waals surface area contributed by atoms with Gasteiger partial charge >= 0.3 is 0 Å². The minimum atomic E-state index is -0.308. The van der Waals surface area contributed by atoms with Gasteiger partial charge in [-0.3, -0.25) is 4.79 Å². The topological polar surface area (TPSA) is 74.9 Å². The molecule has 7 heteroatoms. The molecule has 0 saturated carbocycles. The molecule has 2 aliphatic heterocycles. The van der Waals surface area contributed by atoms with Crippen molar-refractivity contribution in [2.75, 3.05) is 36.5 Å². The first-order valence-corrected chi connectivity index (χ1v) is 11.0. The molecule has 2 aliphatic rings. The number of furan rings is 1. The normalized spacial score (nSPS) is 21.4. The van der Waals surface area contributed by atoms with E-state index in [1.807, 2.05) is 18.2 Å². The number of rotatable bonds is 5. The summed E-state index contributed by atoms with van der Waals surface area (Å²) in [5.74, 6) is 0.653. The minimum absolute atomic E-state index is 0.0436. The van der Waals surface area contributed by atoms with Crippen LogP contribution in [-0.4, -0.2) is 37.3 Å². The summed E-state index contributed by atoms with van der Waals surface area (Å²) in [4.78, 5) is 15.1. The van der Waals surface area contributed by atoms with Crippen molar-refractivity contribution in [1.82, 2.24) is 0 Å². The first kappa shape index (κ1) is 21.2. The number of carbonyl (C=O) groups is 1. The van der Waals surface area contributed by atoms with E-state index in [1.54, 1.807) is 12.1 Å². The maximum absolute atomic E-state index is 12.9. The van der Waals surface area contributed by atoms with Crippen molar-refractivity contribution in [2.45, 2.75) is 45.1 Å². The molecule has 2 saturated heterocycles. The van der Waals surface area contributed by atoms with Crippen LogP contribution in [0.3, 0.4) is 0 Å². The third-order valence-corrected chi connectivity index (χ3v) is 6.48. The Morgan fingerprint density at radius 1 is 1.27 bits per heavy atom. The number of ether oxygens (including phenoxy) is 1. The highest BCUT2D eigenvalue weighted by atomic mass is 35.5. The predicted octanol–water partition coefficient (Wildman–Crippen LogP) is 5.03. The van der Waals surface area contributed by atoms with Gasteiger partial charge in [0.25, 0.3) is 5.91 Å². The summed E-state index contributed by atoms with van der Waals surface area (Å²) < 4.78 is 11.6. The summed E-state index contributed by atoms with van der Waals surface area (Å²) in [6, 6.07) is 9.05. The SMILES string of the molecule is CC1(CO)CCN(c2ccc(Cl)cc2NC(=O)c2ccc(C3CCCCO3)o2)CC1. The van der Waals surface area contributed by atoms with Crippen LogP contribution < -0.4 is 10.2 Å². The van der Waals surface area contributed by atoms with Crippen LogP contribution in [0.1, 0.15) is 61.4 Å². The van der Waals surface area contributed by atoms with Crippen molar-refractivity contribution < 1.29 is 19.1 Å². The Kier molecular flexibility index (Phi) is 6.37. The lowest BCUT2D eigenvalue weighted by Crippen LogP contribution is -2.40. The van der Waals surface area contributed by atoms with Crippen molar-refractivity contribution in [1.29, 1.82) is 0 Å². The van der Waals surface area contributed by atoms with E-state index in [2.05, 4.69) is 17.1 Å². The van der Waals surface area contributed by atoms with Gasteiger partial charge in [-0.15, -0.1) is 0 Å². The van der Waals surface area contributed by atoms with E-state index in [0.717, 1.165) is 57.5 Å². The van der Waals surface area contributed by atoms with Crippen LogP contribution >= 0.6 is 11.6 Å². The standard InChI is InChI=1S/C23H29ClN2O4/c1-23(15-27)9-11-26(12-10-23)18-6-5-16(24)14-17(18)25-22(28)21-8-7-20(30-21)19-4-2-3-13-29-19/h5-8,14,19,27H,2-4,9-13,15H2,1H3,(H,25,28). The molecule has 30 heavy (non-hydrogen) atoms. The Bertz CT molecular complexity index is 883. The van der Waals surface area contributed by atoms with Crippen LogP contribution in [0.2, 0.25) is 5.02 Å². The third kappa shape index (κ3) is 4.66. The first-order valence-electron chi connectivity index (χ1n) is 10.7. The molecule has 1 atom stereocenters. The van der Waals surface area contributed by atoms with Crippen LogP contribution in [0.4, 0.5) is 11.4 Å². The van der Waals surface area contributed by atoms with Crippen molar-refractivity contribution >= 4 is 28.9 Å². The fourth-order valence-corrected chi connectivity index (χ4v) is 4.30. The number of anilines is 2. The first-order chi connectivity index (χ1) is 14.5. The monoisotopic (exact) mass is 432 g/mol. The van der Waals surface area contributed by atoms with Gasteiger partial charge in [0.2, 0.25) is 0 Å². The Hall–Kier alpha value is -2.02. The molecule has 1 unspecified atom stereocenters. The molecule has 0 bridgehead atoms. The van der Waals surface area contributed by atoms with Gasteiger partial charge in [0.15, 0.2) is 5.76 Å². The second-order valence-corrected chi connectivity index (χ2v) is 9.07. The zero-order chi connectivity index (χ0) is 21.1. The average Bonchev–Trinajstić information content (AvgIpc) is 3.26. The second-order valence-electron chi connectivity index (χ2n) is 8.63. The molecule has 3 heterocycles. The molecule has 2 N–H and O–H groups in total. The number of amides is 1. The van der Waals surface area contributed by atoms with Gasteiger partial charge in [0.05, 0.1) is 11.4 Å². The van der Waals surface area contributed by atoms with Gasteiger partial charge in [-0.1, -0.05) is 18.5 Å². The van der Waals surface area contributed by atoms with Crippen LogP contribution in [0.25, 0.3) is 0 Å². The number of piperidine rings is 1. The van der Waals surface area contributed by atoms with E-state index < -0.39 is 0 Å². The van der Waals surface area contributed by atoms with Crippen molar-refractivity contribution in [3.8, 4) is 0 Å². The van der Waals surface area contributed by atoms with Gasteiger partial charge < -0.3 is 24.5 Å². The lowest BCUT2D eigenvalue weighted by Gasteiger charge is -2.40. The molecule has 2 fully saturated rings. The largest absolute Gasteiger partial charge is 0.453 e. The summed E-state index contributed by atoms with van der Waals surface area (Å²) in [5, 5.41) is 13.2. The van der Waals surface area contributed by atoms with Gasteiger partial charge in [0.1, 0.15) is 11.9 Å². The maximum Gasteiger partial charge on any atom is 0.291 e. The number of carbonyl (C=O) groups excluding carboxylic acids is 1. The third-order valence-electron chi connectivity index (χ3n) is 6.25. The van der Waals surface area contributed by atoms with E-state index in [0.29, 0.717) is 16.5 Å². The Morgan fingerprint density at radius 2 is 2.07 bits per heavy atom. The average molecular weight is 433 g/mol. The quantitative estimate of drug-likeness (QED) is 0.693. The molecule has 4 rings (SSSR count). The smallest absolute Gasteiger partial charge is 0.291 e. The highest BCUT2D eigenvalue weighted by molar-refractivity contribution is 6.31. The van der Waals surface area contributed by atoms with E-state index >= 15 is 0 Å². The lowest BCUT2D eigenvalue weighted by molar-refractivity contribution is 0.00145. The zero-order valence-electron chi connectivity index (χ0n) is 17.3. The molecule has 6 nitrogen and oxygen atoms in total. The second kappa shape index (κ2) is 9.00. The molecule has 2 aromatic rings. The Balaban J connectivity index is 1.48. The number of hydrogen-bond donors (Lipinski definition) is 2. The minimum Gasteiger partial charge on any atom is -0.453 e. The number of nitrogens with zero attached hydrogens (tertiary/aromatic N) is 1. The summed E-state index contributed by atoms with van der Waals surface area (Å²) in [5.41, 5.74) is 1.54. The van der Waals surface area contributed by atoms with E-state index in [-0.39, 0.29) is 29.8 Å². The molecular weight excluding hydrogens is 404 g/mol. The molecule has 0 aliphatic carbocycles. The van der Waals surface area contributed by atoms with Crippen molar-refractivity contribution in [3.63, 3.8) is 0 Å². The van der Waals surface area contributed by atoms with Crippen molar-refractivity contribution in [3.05, 3.63) is 46.9 Å². The predicted molar refractivity (Wildman–Crippen MR) is 117 cm³/mol. The van der Waals surface area contributed by atoms with Crippen LogP contribution in [-0.2, 0) is 4.74 Å². The maximum atomic E-state index is 12.9. The van der Waals surface area contributed by atoms with Crippen LogP contribution in [0, 0.1) is 5.41 Å². The summed E-state index contributed by atoms with van der Waals surface area (Å²) >= 11 is 6.22. The molecule has 1 amide bonds. The number of benzene rings is 1.